The molecule has 3 N–H and O–H groups in total. The molecule has 2 aromatic carbocycles. The first-order valence-electron chi connectivity index (χ1n) is 13.2. The van der Waals surface area contributed by atoms with Crippen LogP contribution in [0.1, 0.15) is 80.6 Å². The lowest BCUT2D eigenvalue weighted by molar-refractivity contribution is -0.134. The Morgan fingerprint density at radius 3 is 2.61 bits per heavy atom. The van der Waals surface area contributed by atoms with Crippen molar-refractivity contribution in [2.45, 2.75) is 78.1 Å². The second-order valence-electron chi connectivity index (χ2n) is 10.2. The molecule has 0 bridgehead atoms. The average Bonchev–Trinajstić information content (AvgIpc) is 2.89. The number of hydrogen-bond acceptors (Lipinski definition) is 6. The normalized spacial score (nSPS) is 24.3. The van der Waals surface area contributed by atoms with Gasteiger partial charge in [0.2, 0.25) is 5.91 Å². The standard InChI is InChI=1S/C28H35N3O5.C2H6/c1-7-27(4)14-24(32)31(18(3)30-27)15-20-12-19(9-8-17(20)2)26(33)29-25-22-11-10-21(35-6)13-23(22)36-16-28(25,5)34;1-2/h8-13,25,30,34H,3,7,14-16H2,1-2,4-6H3,(H,29,33);1-2H3. The first-order valence-corrected chi connectivity index (χ1v) is 13.2. The molecule has 2 amide bonds. The van der Waals surface area contributed by atoms with Crippen LogP contribution in [0.5, 0.6) is 11.5 Å². The molecule has 0 radical (unpaired) electrons. The Kier molecular flexibility index (Phi) is 8.77. The van der Waals surface area contributed by atoms with Crippen molar-refractivity contribution < 1.29 is 24.2 Å². The van der Waals surface area contributed by atoms with Crippen molar-refractivity contribution in [3.63, 3.8) is 0 Å². The third kappa shape index (κ3) is 5.96. The van der Waals surface area contributed by atoms with Crippen LogP contribution in [-0.2, 0) is 11.3 Å². The van der Waals surface area contributed by atoms with Crippen molar-refractivity contribution in [1.29, 1.82) is 0 Å². The zero-order chi connectivity index (χ0) is 28.3. The van der Waals surface area contributed by atoms with Gasteiger partial charge in [-0.2, -0.15) is 0 Å². The van der Waals surface area contributed by atoms with Gasteiger partial charge in [-0.25, -0.2) is 0 Å². The number of rotatable bonds is 6. The number of aryl methyl sites for hydroxylation is 1. The molecule has 0 aliphatic carbocycles. The molecule has 4 rings (SSSR count). The fourth-order valence-electron chi connectivity index (χ4n) is 4.69. The predicted octanol–water partition coefficient (Wildman–Crippen LogP) is 4.61. The van der Waals surface area contributed by atoms with Crippen LogP contribution in [0.2, 0.25) is 0 Å². The molecule has 2 aromatic rings. The maximum absolute atomic E-state index is 13.3. The van der Waals surface area contributed by atoms with Crippen LogP contribution in [0.3, 0.4) is 0 Å². The number of carbonyl (C=O) groups is 2. The number of nitrogens with zero attached hydrogens (tertiary/aromatic N) is 1. The van der Waals surface area contributed by atoms with Gasteiger partial charge in [-0.1, -0.05) is 33.4 Å². The van der Waals surface area contributed by atoms with E-state index >= 15 is 0 Å². The maximum Gasteiger partial charge on any atom is 0.251 e. The highest BCUT2D eigenvalue weighted by Gasteiger charge is 2.41. The van der Waals surface area contributed by atoms with Gasteiger partial charge in [0, 0.05) is 29.2 Å². The van der Waals surface area contributed by atoms with Crippen LogP contribution in [0.4, 0.5) is 0 Å². The third-order valence-electron chi connectivity index (χ3n) is 7.28. The summed E-state index contributed by atoms with van der Waals surface area (Å²) in [5, 5.41) is 17.4. The summed E-state index contributed by atoms with van der Waals surface area (Å²) < 4.78 is 11.0. The monoisotopic (exact) mass is 523 g/mol. The molecular weight excluding hydrogens is 482 g/mol. The number of ether oxygens (including phenoxy) is 2. The van der Waals surface area contributed by atoms with Gasteiger partial charge in [-0.15, -0.1) is 0 Å². The Morgan fingerprint density at radius 2 is 1.97 bits per heavy atom. The number of hydrogen-bond donors (Lipinski definition) is 3. The van der Waals surface area contributed by atoms with Crippen molar-refractivity contribution in [1.82, 2.24) is 15.5 Å². The molecule has 1 fully saturated rings. The predicted molar refractivity (Wildman–Crippen MR) is 148 cm³/mol. The number of carbonyl (C=O) groups excluding carboxylic acids is 2. The first-order chi connectivity index (χ1) is 18.0. The van der Waals surface area contributed by atoms with E-state index in [0.29, 0.717) is 41.4 Å². The SMILES string of the molecule is C=C1NC(C)(CC)CC(=O)N1Cc1cc(C(=O)NC2c3ccc(OC)cc3OCC2(C)O)ccc1C.CC. The Morgan fingerprint density at radius 1 is 1.26 bits per heavy atom. The van der Waals surface area contributed by atoms with Gasteiger partial charge in [0.25, 0.3) is 5.91 Å². The number of amides is 2. The molecule has 8 heteroatoms. The van der Waals surface area contributed by atoms with E-state index in [0.717, 1.165) is 17.5 Å². The summed E-state index contributed by atoms with van der Waals surface area (Å²) in [4.78, 5) is 27.9. The van der Waals surface area contributed by atoms with Crippen LogP contribution in [-0.4, -0.2) is 46.7 Å². The van der Waals surface area contributed by atoms with Crippen molar-refractivity contribution >= 4 is 11.8 Å². The second kappa shape index (κ2) is 11.5. The molecule has 2 aliphatic heterocycles. The van der Waals surface area contributed by atoms with E-state index in [9.17, 15) is 14.7 Å². The smallest absolute Gasteiger partial charge is 0.251 e. The van der Waals surface area contributed by atoms with Crippen LogP contribution >= 0.6 is 0 Å². The van der Waals surface area contributed by atoms with Crippen molar-refractivity contribution in [3.8, 4) is 11.5 Å². The van der Waals surface area contributed by atoms with E-state index < -0.39 is 11.6 Å². The van der Waals surface area contributed by atoms with Gasteiger partial charge in [0.05, 0.1) is 19.7 Å². The lowest BCUT2D eigenvalue weighted by Gasteiger charge is -2.41. The highest BCUT2D eigenvalue weighted by Crippen LogP contribution is 2.40. The Labute approximate surface area is 226 Å². The average molecular weight is 524 g/mol. The molecule has 0 saturated carbocycles. The minimum Gasteiger partial charge on any atom is -0.497 e. The topological polar surface area (TPSA) is 100 Å². The molecule has 2 heterocycles. The highest BCUT2D eigenvalue weighted by atomic mass is 16.5. The number of nitrogens with one attached hydrogen (secondary N) is 2. The fourth-order valence-corrected chi connectivity index (χ4v) is 4.69. The minimum atomic E-state index is -1.31. The number of fused-ring (bicyclic) bond motifs is 1. The maximum atomic E-state index is 13.3. The molecule has 0 aromatic heterocycles. The van der Waals surface area contributed by atoms with Crippen LogP contribution < -0.4 is 20.1 Å². The summed E-state index contributed by atoms with van der Waals surface area (Å²) in [6, 6.07) is 10.0. The van der Waals surface area contributed by atoms with E-state index in [1.165, 1.54) is 0 Å². The number of benzene rings is 2. The number of methoxy groups -OCH3 is 1. The third-order valence-corrected chi connectivity index (χ3v) is 7.28. The van der Waals surface area contributed by atoms with E-state index in [2.05, 4.69) is 17.2 Å². The zero-order valence-electron chi connectivity index (χ0n) is 23.6. The molecule has 0 spiro atoms. The van der Waals surface area contributed by atoms with Gasteiger partial charge in [-0.05, 0) is 62.6 Å². The Hall–Kier alpha value is -3.52. The molecule has 1 saturated heterocycles. The molecule has 206 valence electrons. The molecule has 3 atom stereocenters. The molecular formula is C30H41N3O5. The lowest BCUT2D eigenvalue weighted by Crippen LogP contribution is -2.55. The summed E-state index contributed by atoms with van der Waals surface area (Å²) in [7, 11) is 1.57. The zero-order valence-corrected chi connectivity index (χ0v) is 23.6. The molecule has 38 heavy (non-hydrogen) atoms. The summed E-state index contributed by atoms with van der Waals surface area (Å²) >= 11 is 0. The Balaban J connectivity index is 0.00000195. The van der Waals surface area contributed by atoms with E-state index in [-0.39, 0.29) is 24.0 Å². The minimum absolute atomic E-state index is 0.00245. The first kappa shape index (κ1) is 29.0. The summed E-state index contributed by atoms with van der Waals surface area (Å²) in [5.41, 5.74) is 1.32. The highest BCUT2D eigenvalue weighted by molar-refractivity contribution is 5.95. The second-order valence-corrected chi connectivity index (χ2v) is 10.2. The molecule has 8 nitrogen and oxygen atoms in total. The fraction of sp³-hybridized carbons (Fsp3) is 0.467. The van der Waals surface area contributed by atoms with Crippen molar-refractivity contribution in [3.05, 3.63) is 71.1 Å². The van der Waals surface area contributed by atoms with Crippen molar-refractivity contribution in [2.24, 2.45) is 0 Å². The van der Waals surface area contributed by atoms with Crippen LogP contribution in [0, 0.1) is 6.92 Å². The van der Waals surface area contributed by atoms with E-state index in [4.69, 9.17) is 9.47 Å². The largest absolute Gasteiger partial charge is 0.497 e. The summed E-state index contributed by atoms with van der Waals surface area (Å²) in [6.45, 7) is 16.1. The van der Waals surface area contributed by atoms with Crippen LogP contribution in [0.25, 0.3) is 0 Å². The quantitative estimate of drug-likeness (QED) is 0.512. The lowest BCUT2D eigenvalue weighted by atomic mass is 9.87. The summed E-state index contributed by atoms with van der Waals surface area (Å²) in [5.74, 6) is 1.43. The van der Waals surface area contributed by atoms with Crippen LogP contribution in [0.15, 0.2) is 48.8 Å². The summed E-state index contributed by atoms with van der Waals surface area (Å²) in [6.07, 6.45) is 1.19. The molecule has 2 aliphatic rings. The molecule has 3 unspecified atom stereocenters. The van der Waals surface area contributed by atoms with E-state index in [1.807, 2.05) is 40.7 Å². The van der Waals surface area contributed by atoms with Gasteiger partial charge in [0.1, 0.15) is 29.5 Å². The van der Waals surface area contributed by atoms with E-state index in [1.54, 1.807) is 49.3 Å². The van der Waals surface area contributed by atoms with Gasteiger partial charge in [0.15, 0.2) is 0 Å². The van der Waals surface area contributed by atoms with Gasteiger partial charge < -0.3 is 25.2 Å². The van der Waals surface area contributed by atoms with Crippen molar-refractivity contribution in [2.75, 3.05) is 13.7 Å². The van der Waals surface area contributed by atoms with Gasteiger partial charge in [-0.3, -0.25) is 14.5 Å². The Bertz CT molecular complexity index is 1190. The number of aliphatic hydroxyl groups is 1. The van der Waals surface area contributed by atoms with Gasteiger partial charge >= 0.3 is 0 Å².